The molecule has 1 aromatic heterocycles. The van der Waals surface area contributed by atoms with E-state index in [4.69, 9.17) is 4.42 Å². The Morgan fingerprint density at radius 2 is 1.79 bits per heavy atom. The Morgan fingerprint density at radius 3 is 2.52 bits per heavy atom. The van der Waals surface area contributed by atoms with Gasteiger partial charge in [-0.05, 0) is 43.7 Å². The molecule has 0 aliphatic rings. The number of carbonyl (C=O) groups is 1. The van der Waals surface area contributed by atoms with E-state index in [0.717, 1.165) is 5.56 Å². The monoisotopic (exact) mass is 449 g/mol. The lowest BCUT2D eigenvalue weighted by Gasteiger charge is -2.19. The van der Waals surface area contributed by atoms with Gasteiger partial charge < -0.3 is 14.8 Å². The number of anilines is 1. The first-order valence-electron chi connectivity index (χ1n) is 10.3. The number of carboxylic acid groups (broad SMARTS) is 1. The Hall–Kier alpha value is -4.00. The minimum atomic E-state index is -2.64. The Bertz CT molecular complexity index is 1410. The van der Waals surface area contributed by atoms with Crippen LogP contribution in [0, 0.1) is 6.92 Å². The number of alkyl halides is 2. The van der Waals surface area contributed by atoms with Crippen molar-refractivity contribution in [3.8, 4) is 11.3 Å². The smallest absolute Gasteiger partial charge is 0.337 e. The van der Waals surface area contributed by atoms with Crippen molar-refractivity contribution < 1.29 is 23.1 Å². The van der Waals surface area contributed by atoms with Gasteiger partial charge in [-0.3, -0.25) is 4.79 Å². The fourth-order valence-electron chi connectivity index (χ4n) is 3.83. The van der Waals surface area contributed by atoms with Gasteiger partial charge in [0.05, 0.1) is 17.0 Å². The summed E-state index contributed by atoms with van der Waals surface area (Å²) < 4.78 is 32.4. The van der Waals surface area contributed by atoms with Gasteiger partial charge in [0.1, 0.15) is 11.3 Å². The quantitative estimate of drug-likeness (QED) is 0.348. The molecule has 0 amide bonds. The molecule has 5 nitrogen and oxygen atoms in total. The lowest BCUT2D eigenvalue weighted by Crippen LogP contribution is -2.12. The molecule has 1 unspecified atom stereocenters. The Kier molecular flexibility index (Phi) is 5.96. The number of aromatic carboxylic acids is 1. The fourth-order valence-corrected chi connectivity index (χ4v) is 3.83. The number of aryl methyl sites for hydroxylation is 1. The van der Waals surface area contributed by atoms with E-state index >= 15 is 0 Å². The average molecular weight is 449 g/mol. The van der Waals surface area contributed by atoms with E-state index in [9.17, 15) is 23.5 Å². The molecule has 4 aromatic rings. The molecule has 0 bridgehead atoms. The van der Waals surface area contributed by atoms with Gasteiger partial charge in [0.2, 0.25) is 0 Å². The number of benzene rings is 3. The Labute approximate surface area is 188 Å². The van der Waals surface area contributed by atoms with Crippen LogP contribution in [0.15, 0.2) is 75.9 Å². The largest absolute Gasteiger partial charge is 0.478 e. The number of rotatable bonds is 6. The average Bonchev–Trinajstić information content (AvgIpc) is 2.79. The summed E-state index contributed by atoms with van der Waals surface area (Å²) in [4.78, 5) is 24.5. The third-order valence-electron chi connectivity index (χ3n) is 5.42. The van der Waals surface area contributed by atoms with Crippen LogP contribution in [0.25, 0.3) is 22.3 Å². The van der Waals surface area contributed by atoms with Crippen LogP contribution in [-0.2, 0) is 0 Å². The number of hydrogen-bond donors (Lipinski definition) is 2. The van der Waals surface area contributed by atoms with E-state index in [2.05, 4.69) is 5.32 Å². The van der Waals surface area contributed by atoms with Gasteiger partial charge >= 0.3 is 5.97 Å². The molecular formula is C26H21F2NO4. The first-order valence-corrected chi connectivity index (χ1v) is 10.3. The van der Waals surface area contributed by atoms with Crippen LogP contribution >= 0.6 is 0 Å². The van der Waals surface area contributed by atoms with Gasteiger partial charge in [-0.15, -0.1) is 0 Å². The zero-order chi connectivity index (χ0) is 23.7. The number of halogens is 2. The Balaban J connectivity index is 1.84. The van der Waals surface area contributed by atoms with Gasteiger partial charge in [0, 0.05) is 28.4 Å². The second-order valence-electron chi connectivity index (χ2n) is 7.85. The number of carboxylic acids is 1. The van der Waals surface area contributed by atoms with E-state index in [1.807, 2.05) is 19.9 Å². The van der Waals surface area contributed by atoms with E-state index in [1.54, 1.807) is 30.3 Å². The first-order chi connectivity index (χ1) is 15.7. The van der Waals surface area contributed by atoms with Gasteiger partial charge in [-0.1, -0.05) is 36.4 Å². The lowest BCUT2D eigenvalue weighted by molar-refractivity contribution is 0.0698. The summed E-state index contributed by atoms with van der Waals surface area (Å²) in [7, 11) is 0. The summed E-state index contributed by atoms with van der Waals surface area (Å²) in [6.07, 6.45) is -2.64. The summed E-state index contributed by atoms with van der Waals surface area (Å²) in [5.41, 5.74) is 2.25. The molecule has 0 saturated heterocycles. The van der Waals surface area contributed by atoms with Crippen molar-refractivity contribution >= 4 is 22.6 Å². The van der Waals surface area contributed by atoms with E-state index in [1.165, 1.54) is 30.3 Å². The summed E-state index contributed by atoms with van der Waals surface area (Å²) in [6, 6.07) is 16.7. The maximum atomic E-state index is 13.2. The van der Waals surface area contributed by atoms with Crippen LogP contribution in [0.1, 0.15) is 46.4 Å². The SMILES string of the molecule is Cc1cc(C(C)Nc2ccccc2C(=O)O)c2oc(-c3cccc(C(F)F)c3)cc(=O)c2c1. The molecule has 0 radical (unpaired) electrons. The van der Waals surface area contributed by atoms with Crippen LogP contribution in [-0.4, -0.2) is 11.1 Å². The van der Waals surface area contributed by atoms with Crippen molar-refractivity contribution in [2.24, 2.45) is 0 Å². The van der Waals surface area contributed by atoms with Crippen molar-refractivity contribution in [3.63, 3.8) is 0 Å². The van der Waals surface area contributed by atoms with Crippen molar-refractivity contribution in [2.45, 2.75) is 26.3 Å². The Morgan fingerprint density at radius 1 is 1.03 bits per heavy atom. The van der Waals surface area contributed by atoms with E-state index < -0.39 is 18.4 Å². The molecule has 4 rings (SSSR count). The number of hydrogen-bond acceptors (Lipinski definition) is 4. The molecular weight excluding hydrogens is 428 g/mol. The van der Waals surface area contributed by atoms with Crippen LogP contribution < -0.4 is 10.7 Å². The molecule has 1 atom stereocenters. The normalized spacial score (nSPS) is 12.2. The summed E-state index contributed by atoms with van der Waals surface area (Å²) >= 11 is 0. The standard InChI is InChI=1S/C26H21F2NO4/c1-14-10-19(15(2)29-21-9-4-3-8-18(21)26(31)32)24-20(11-14)22(30)13-23(33-24)16-6-5-7-17(12-16)25(27)28/h3-13,15,25,29H,1-2H3,(H,31,32). The second kappa shape index (κ2) is 8.86. The van der Waals surface area contributed by atoms with Crippen LogP contribution in [0.2, 0.25) is 0 Å². The molecule has 0 fully saturated rings. The molecule has 0 saturated carbocycles. The first kappa shape index (κ1) is 22.2. The summed E-state index contributed by atoms with van der Waals surface area (Å²) in [5, 5.41) is 13.0. The highest BCUT2D eigenvalue weighted by atomic mass is 19.3. The van der Waals surface area contributed by atoms with Gasteiger partial charge in [-0.25, -0.2) is 13.6 Å². The minimum Gasteiger partial charge on any atom is -0.478 e. The van der Waals surface area contributed by atoms with Crippen LogP contribution in [0.5, 0.6) is 0 Å². The van der Waals surface area contributed by atoms with Gasteiger partial charge in [0.15, 0.2) is 5.43 Å². The molecule has 0 aliphatic carbocycles. The second-order valence-corrected chi connectivity index (χ2v) is 7.85. The molecule has 168 valence electrons. The molecule has 1 heterocycles. The third-order valence-corrected chi connectivity index (χ3v) is 5.42. The predicted molar refractivity (Wildman–Crippen MR) is 123 cm³/mol. The highest BCUT2D eigenvalue weighted by Crippen LogP contribution is 2.32. The van der Waals surface area contributed by atoms with E-state index in [-0.39, 0.29) is 22.3 Å². The topological polar surface area (TPSA) is 79.5 Å². The van der Waals surface area contributed by atoms with Crippen molar-refractivity contribution in [2.75, 3.05) is 5.32 Å². The van der Waals surface area contributed by atoms with Crippen LogP contribution in [0.3, 0.4) is 0 Å². The third kappa shape index (κ3) is 4.48. The zero-order valence-corrected chi connectivity index (χ0v) is 17.9. The summed E-state index contributed by atoms with van der Waals surface area (Å²) in [6.45, 7) is 3.68. The van der Waals surface area contributed by atoms with Crippen molar-refractivity contribution in [1.29, 1.82) is 0 Å². The summed E-state index contributed by atoms with van der Waals surface area (Å²) in [5.74, 6) is -0.884. The number of fused-ring (bicyclic) bond motifs is 1. The van der Waals surface area contributed by atoms with E-state index in [0.29, 0.717) is 27.8 Å². The predicted octanol–water partition coefficient (Wildman–Crippen LogP) is 6.58. The molecule has 7 heteroatoms. The van der Waals surface area contributed by atoms with Crippen LogP contribution in [0.4, 0.5) is 14.5 Å². The van der Waals surface area contributed by atoms with Gasteiger partial charge in [-0.2, -0.15) is 0 Å². The highest BCUT2D eigenvalue weighted by Gasteiger charge is 2.19. The fraction of sp³-hybridized carbons (Fsp3) is 0.154. The maximum absolute atomic E-state index is 13.2. The van der Waals surface area contributed by atoms with Crippen molar-refractivity contribution in [3.05, 3.63) is 99.2 Å². The molecule has 0 aliphatic heterocycles. The molecule has 0 spiro atoms. The molecule has 2 N–H and O–H groups in total. The number of para-hydroxylation sites is 1. The zero-order valence-electron chi connectivity index (χ0n) is 17.9. The van der Waals surface area contributed by atoms with Gasteiger partial charge in [0.25, 0.3) is 6.43 Å². The maximum Gasteiger partial charge on any atom is 0.337 e. The molecule has 33 heavy (non-hydrogen) atoms. The lowest BCUT2D eigenvalue weighted by atomic mass is 10.00. The number of nitrogens with one attached hydrogen (secondary N) is 1. The molecule has 3 aromatic carbocycles. The van der Waals surface area contributed by atoms with Crippen molar-refractivity contribution in [1.82, 2.24) is 0 Å². The highest BCUT2D eigenvalue weighted by molar-refractivity contribution is 5.94. The minimum absolute atomic E-state index is 0.118.